The van der Waals surface area contributed by atoms with Gasteiger partial charge in [-0.1, -0.05) is 0 Å². The number of carbonyl (C=O) groups is 1. The van der Waals surface area contributed by atoms with Crippen molar-refractivity contribution in [2.75, 3.05) is 18.5 Å². The van der Waals surface area contributed by atoms with E-state index in [4.69, 9.17) is 9.47 Å². The Morgan fingerprint density at radius 1 is 1.29 bits per heavy atom. The number of anilines is 1. The lowest BCUT2D eigenvalue weighted by atomic mass is 10.2. The molecule has 150 valence electrons. The van der Waals surface area contributed by atoms with Crippen LogP contribution in [-0.2, 0) is 20.4 Å². The Balaban J connectivity index is 1.45. The molecule has 1 aromatic heterocycles. The van der Waals surface area contributed by atoms with E-state index in [1.807, 2.05) is 0 Å². The summed E-state index contributed by atoms with van der Waals surface area (Å²) in [5.74, 6) is 0.377. The first-order valence-corrected chi connectivity index (χ1v) is 10.8. The van der Waals surface area contributed by atoms with Gasteiger partial charge in [-0.25, -0.2) is 13.1 Å². The molecule has 1 saturated carbocycles. The highest BCUT2D eigenvalue weighted by atomic mass is 32.2. The molecule has 4 rings (SSSR count). The van der Waals surface area contributed by atoms with Crippen LogP contribution in [-0.4, -0.2) is 53.0 Å². The van der Waals surface area contributed by atoms with Gasteiger partial charge < -0.3 is 14.8 Å². The van der Waals surface area contributed by atoms with Gasteiger partial charge in [-0.2, -0.15) is 0 Å². The minimum Gasteiger partial charge on any atom is -0.490 e. The summed E-state index contributed by atoms with van der Waals surface area (Å²) in [5, 5.41) is 12.6. The van der Waals surface area contributed by atoms with Crippen LogP contribution in [0.1, 0.15) is 38.1 Å². The number of amides is 1. The van der Waals surface area contributed by atoms with Crippen molar-refractivity contribution in [3.63, 3.8) is 0 Å². The number of rotatable bonds is 6. The van der Waals surface area contributed by atoms with E-state index in [1.54, 1.807) is 18.2 Å². The van der Waals surface area contributed by atoms with Crippen LogP contribution in [0.5, 0.6) is 11.5 Å². The van der Waals surface area contributed by atoms with E-state index in [-0.39, 0.29) is 17.6 Å². The van der Waals surface area contributed by atoms with Crippen LogP contribution in [0.25, 0.3) is 0 Å². The molecule has 10 nitrogen and oxygen atoms in total. The lowest BCUT2D eigenvalue weighted by Crippen LogP contribution is -2.34. The Morgan fingerprint density at radius 2 is 2.04 bits per heavy atom. The lowest BCUT2D eigenvalue weighted by Gasteiger charge is -2.14. The van der Waals surface area contributed by atoms with E-state index in [1.165, 1.54) is 11.6 Å². The third-order valence-electron chi connectivity index (χ3n) is 4.71. The molecule has 28 heavy (non-hydrogen) atoms. The van der Waals surface area contributed by atoms with Gasteiger partial charge in [-0.3, -0.25) is 4.79 Å². The number of hydrogen-bond donors (Lipinski definition) is 1. The third kappa shape index (κ3) is 3.93. The second-order valence-corrected chi connectivity index (χ2v) is 9.24. The van der Waals surface area contributed by atoms with E-state index >= 15 is 0 Å². The average Bonchev–Trinajstić information content (AvgIpc) is 3.45. The zero-order valence-corrected chi connectivity index (χ0v) is 16.2. The SMILES string of the molecule is CC(C(=O)Nc1ccc2c(c1)OCCCO2)S(=O)(=O)Cc1nnnn1C1CC1. The van der Waals surface area contributed by atoms with E-state index < -0.39 is 21.0 Å². The molecule has 0 spiro atoms. The molecule has 1 aliphatic carbocycles. The van der Waals surface area contributed by atoms with Crippen molar-refractivity contribution in [3.05, 3.63) is 24.0 Å². The molecule has 1 aromatic carbocycles. The first-order valence-electron chi connectivity index (χ1n) is 9.13. The number of hydrogen-bond acceptors (Lipinski definition) is 8. The second-order valence-electron chi connectivity index (χ2n) is 6.92. The molecule has 1 atom stereocenters. The highest BCUT2D eigenvalue weighted by molar-refractivity contribution is 7.92. The molecule has 1 aliphatic heterocycles. The summed E-state index contributed by atoms with van der Waals surface area (Å²) in [4.78, 5) is 12.5. The van der Waals surface area contributed by atoms with E-state index in [0.29, 0.717) is 30.4 Å². The predicted molar refractivity (Wildman–Crippen MR) is 98.9 cm³/mol. The third-order valence-corrected chi connectivity index (χ3v) is 6.66. The Bertz CT molecular complexity index is 986. The summed E-state index contributed by atoms with van der Waals surface area (Å²) in [5.41, 5.74) is 0.444. The first-order chi connectivity index (χ1) is 13.4. The van der Waals surface area contributed by atoms with Crippen molar-refractivity contribution < 1.29 is 22.7 Å². The van der Waals surface area contributed by atoms with E-state index in [2.05, 4.69) is 20.8 Å². The largest absolute Gasteiger partial charge is 0.490 e. The van der Waals surface area contributed by atoms with Crippen molar-refractivity contribution in [2.45, 2.75) is 43.2 Å². The maximum absolute atomic E-state index is 12.7. The van der Waals surface area contributed by atoms with Gasteiger partial charge in [0.1, 0.15) is 11.0 Å². The fourth-order valence-electron chi connectivity index (χ4n) is 2.86. The molecule has 2 aliphatic rings. The summed E-state index contributed by atoms with van der Waals surface area (Å²) in [6.45, 7) is 2.44. The van der Waals surface area contributed by atoms with Crippen LogP contribution in [0, 0.1) is 0 Å². The fraction of sp³-hybridized carbons (Fsp3) is 0.529. The molecule has 11 heteroatoms. The molecule has 2 heterocycles. The zero-order chi connectivity index (χ0) is 19.7. The molecule has 1 fully saturated rings. The molecular weight excluding hydrogens is 386 g/mol. The number of aromatic nitrogens is 4. The summed E-state index contributed by atoms with van der Waals surface area (Å²) in [6.07, 6.45) is 2.63. The van der Waals surface area contributed by atoms with Crippen LogP contribution < -0.4 is 14.8 Å². The van der Waals surface area contributed by atoms with Gasteiger partial charge in [-0.05, 0) is 42.3 Å². The number of tetrazole rings is 1. The van der Waals surface area contributed by atoms with Gasteiger partial charge in [-0.15, -0.1) is 5.10 Å². The second kappa shape index (κ2) is 7.38. The number of sulfone groups is 1. The standard InChI is InChI=1S/C17H21N5O5S/c1-11(28(24,25)10-16-19-20-21-22(16)13-4-5-13)17(23)18-12-3-6-14-15(9-12)27-8-2-7-26-14/h3,6,9,11,13H,2,4-5,7-8,10H2,1H3,(H,18,23). The van der Waals surface area contributed by atoms with Crippen molar-refractivity contribution in [1.29, 1.82) is 0 Å². The Morgan fingerprint density at radius 3 is 2.79 bits per heavy atom. The van der Waals surface area contributed by atoms with Crippen LogP contribution in [0.3, 0.4) is 0 Å². The maximum Gasteiger partial charge on any atom is 0.242 e. The fourth-order valence-corrected chi connectivity index (χ4v) is 4.05. The monoisotopic (exact) mass is 407 g/mol. The molecule has 0 saturated heterocycles. The van der Waals surface area contributed by atoms with Crippen LogP contribution in [0.15, 0.2) is 18.2 Å². The first kappa shape index (κ1) is 18.7. The minimum absolute atomic E-state index is 0.158. The maximum atomic E-state index is 12.7. The number of benzene rings is 1. The van der Waals surface area contributed by atoms with Crippen molar-refractivity contribution in [3.8, 4) is 11.5 Å². The molecule has 1 amide bonds. The van der Waals surface area contributed by atoms with Gasteiger partial charge in [0.15, 0.2) is 27.2 Å². The number of nitrogens with zero attached hydrogens (tertiary/aromatic N) is 4. The molecule has 0 bridgehead atoms. The lowest BCUT2D eigenvalue weighted by molar-refractivity contribution is -0.115. The Kier molecular flexibility index (Phi) is 4.92. The number of fused-ring (bicyclic) bond motifs is 1. The summed E-state index contributed by atoms with van der Waals surface area (Å²) >= 11 is 0. The molecule has 0 radical (unpaired) electrons. The molecule has 2 aromatic rings. The van der Waals surface area contributed by atoms with Crippen molar-refractivity contribution in [1.82, 2.24) is 20.2 Å². The minimum atomic E-state index is -3.79. The topological polar surface area (TPSA) is 125 Å². The van der Waals surface area contributed by atoms with Gasteiger partial charge in [0.25, 0.3) is 0 Å². The van der Waals surface area contributed by atoms with Gasteiger partial charge in [0, 0.05) is 18.2 Å². The van der Waals surface area contributed by atoms with Crippen LogP contribution >= 0.6 is 0 Å². The average molecular weight is 407 g/mol. The van der Waals surface area contributed by atoms with Gasteiger partial charge in [0.05, 0.1) is 19.3 Å². The normalized spacial score (nSPS) is 17.6. The van der Waals surface area contributed by atoms with Crippen molar-refractivity contribution in [2.24, 2.45) is 0 Å². The van der Waals surface area contributed by atoms with Crippen LogP contribution in [0.2, 0.25) is 0 Å². The summed E-state index contributed by atoms with van der Waals surface area (Å²) < 4.78 is 38.1. The molecule has 1 unspecified atom stereocenters. The quantitative estimate of drug-likeness (QED) is 0.755. The molecule has 1 N–H and O–H groups in total. The van der Waals surface area contributed by atoms with E-state index in [0.717, 1.165) is 19.3 Å². The summed E-state index contributed by atoms with van der Waals surface area (Å²) in [7, 11) is -3.79. The highest BCUT2D eigenvalue weighted by Crippen LogP contribution is 2.35. The smallest absolute Gasteiger partial charge is 0.242 e. The van der Waals surface area contributed by atoms with E-state index in [9.17, 15) is 13.2 Å². The Hall–Kier alpha value is -2.69. The predicted octanol–water partition coefficient (Wildman–Crippen LogP) is 1.11. The zero-order valence-electron chi connectivity index (χ0n) is 15.4. The van der Waals surface area contributed by atoms with Crippen molar-refractivity contribution >= 4 is 21.4 Å². The molecular formula is C17H21N5O5S. The highest BCUT2D eigenvalue weighted by Gasteiger charge is 2.33. The van der Waals surface area contributed by atoms with Gasteiger partial charge in [0.2, 0.25) is 5.91 Å². The summed E-state index contributed by atoms with van der Waals surface area (Å²) in [6, 6.07) is 5.13. The number of ether oxygens (including phenoxy) is 2. The van der Waals surface area contributed by atoms with Gasteiger partial charge >= 0.3 is 0 Å². The number of nitrogens with one attached hydrogen (secondary N) is 1. The van der Waals surface area contributed by atoms with Crippen LogP contribution in [0.4, 0.5) is 5.69 Å². The Labute approximate surface area is 162 Å². The number of carbonyl (C=O) groups excluding carboxylic acids is 1.